The predicted octanol–water partition coefficient (Wildman–Crippen LogP) is 4.69. The van der Waals surface area contributed by atoms with Gasteiger partial charge in [-0.25, -0.2) is 4.68 Å². The van der Waals surface area contributed by atoms with Gasteiger partial charge in [-0.2, -0.15) is 10.2 Å². The van der Waals surface area contributed by atoms with Crippen molar-refractivity contribution < 1.29 is 4.74 Å². The summed E-state index contributed by atoms with van der Waals surface area (Å²) < 4.78 is 9.27. The summed E-state index contributed by atoms with van der Waals surface area (Å²) in [5.74, 6) is 0.828. The summed E-state index contributed by atoms with van der Waals surface area (Å²) in [6, 6.07) is 18.7. The Hall–Kier alpha value is -3.38. The second kappa shape index (κ2) is 9.18. The van der Waals surface area contributed by atoms with E-state index in [1.54, 1.807) is 7.11 Å². The molecule has 0 atom stereocenters. The van der Waals surface area contributed by atoms with E-state index in [2.05, 4.69) is 54.4 Å². The smallest absolute Gasteiger partial charge is 0.119 e. The minimum absolute atomic E-state index is 0.374. The number of methoxy groups -OCH3 is 1. The Morgan fingerprint density at radius 1 is 1.00 bits per heavy atom. The molecule has 0 radical (unpaired) electrons. The van der Waals surface area contributed by atoms with Crippen LogP contribution in [-0.2, 0) is 20.1 Å². The molecule has 0 unspecified atom stereocenters. The van der Waals surface area contributed by atoms with Crippen molar-refractivity contribution in [2.24, 2.45) is 7.05 Å². The first-order valence-electron chi connectivity index (χ1n) is 10.5. The number of aryl methyl sites for hydroxylation is 1. The Bertz CT molecular complexity index is 1130. The molecule has 4 rings (SSSR count). The zero-order chi connectivity index (χ0) is 21.8. The van der Waals surface area contributed by atoms with Crippen molar-refractivity contribution in [3.05, 3.63) is 84.3 Å². The lowest BCUT2D eigenvalue weighted by Crippen LogP contribution is -2.29. The maximum absolute atomic E-state index is 5.45. The standard InChI is InChI=1S/C25H29N5O/c1-19(2)29(16-20-14-26-28(3)15-20)17-22-18-30(23-10-6-5-7-11-23)27-25(22)21-9-8-12-24(13-21)31-4/h5-15,18-19H,16-17H2,1-4H3. The summed E-state index contributed by atoms with van der Waals surface area (Å²) in [4.78, 5) is 2.44. The number of hydrogen-bond acceptors (Lipinski definition) is 4. The van der Waals surface area contributed by atoms with Crippen LogP contribution in [0.15, 0.2) is 73.2 Å². The Morgan fingerprint density at radius 3 is 2.48 bits per heavy atom. The van der Waals surface area contributed by atoms with Crippen LogP contribution in [0.3, 0.4) is 0 Å². The first-order chi connectivity index (χ1) is 15.0. The van der Waals surface area contributed by atoms with E-state index in [1.165, 1.54) is 11.1 Å². The number of hydrogen-bond donors (Lipinski definition) is 0. The molecule has 0 aliphatic heterocycles. The fraction of sp³-hybridized carbons (Fsp3) is 0.280. The average Bonchev–Trinajstić information content (AvgIpc) is 3.40. The average molecular weight is 416 g/mol. The van der Waals surface area contributed by atoms with Crippen LogP contribution < -0.4 is 4.74 Å². The van der Waals surface area contributed by atoms with Crippen molar-refractivity contribution in [1.29, 1.82) is 0 Å². The zero-order valence-corrected chi connectivity index (χ0v) is 18.6. The second-order valence-corrected chi connectivity index (χ2v) is 8.04. The molecule has 2 heterocycles. The van der Waals surface area contributed by atoms with Crippen molar-refractivity contribution in [2.45, 2.75) is 33.0 Å². The molecule has 0 spiro atoms. The summed E-state index contributed by atoms with van der Waals surface area (Å²) in [6.07, 6.45) is 6.15. The largest absolute Gasteiger partial charge is 0.497 e. The molecular weight excluding hydrogens is 386 g/mol. The van der Waals surface area contributed by atoms with E-state index < -0.39 is 0 Å². The molecule has 0 N–H and O–H groups in total. The number of rotatable bonds is 8. The molecule has 4 aromatic rings. The lowest BCUT2D eigenvalue weighted by molar-refractivity contribution is 0.204. The van der Waals surface area contributed by atoms with Crippen molar-refractivity contribution in [1.82, 2.24) is 24.5 Å². The molecule has 31 heavy (non-hydrogen) atoms. The molecule has 0 fully saturated rings. The molecule has 0 bridgehead atoms. The first kappa shape index (κ1) is 20.9. The van der Waals surface area contributed by atoms with E-state index in [0.717, 1.165) is 35.8 Å². The van der Waals surface area contributed by atoms with Gasteiger partial charge in [-0.3, -0.25) is 9.58 Å². The summed E-state index contributed by atoms with van der Waals surface area (Å²) in [5.41, 5.74) is 5.44. The van der Waals surface area contributed by atoms with E-state index in [9.17, 15) is 0 Å². The predicted molar refractivity (Wildman–Crippen MR) is 123 cm³/mol. The fourth-order valence-electron chi connectivity index (χ4n) is 3.68. The van der Waals surface area contributed by atoms with Gasteiger partial charge in [0.1, 0.15) is 5.75 Å². The van der Waals surface area contributed by atoms with Crippen LogP contribution in [0, 0.1) is 0 Å². The van der Waals surface area contributed by atoms with Crippen LogP contribution in [0.4, 0.5) is 0 Å². The Morgan fingerprint density at radius 2 is 1.81 bits per heavy atom. The Kier molecular flexibility index (Phi) is 6.18. The number of benzene rings is 2. The SMILES string of the molecule is COc1cccc(-c2nn(-c3ccccc3)cc2CN(Cc2cnn(C)c2)C(C)C)c1. The third kappa shape index (κ3) is 4.86. The second-order valence-electron chi connectivity index (χ2n) is 8.04. The number of ether oxygens (including phenoxy) is 1. The van der Waals surface area contributed by atoms with Gasteiger partial charge < -0.3 is 4.74 Å². The minimum Gasteiger partial charge on any atom is -0.497 e. The molecule has 2 aromatic heterocycles. The molecule has 2 aromatic carbocycles. The highest BCUT2D eigenvalue weighted by Gasteiger charge is 2.18. The van der Waals surface area contributed by atoms with Gasteiger partial charge in [0.05, 0.1) is 24.7 Å². The summed E-state index contributed by atoms with van der Waals surface area (Å²) in [6.45, 7) is 6.07. The van der Waals surface area contributed by atoms with Gasteiger partial charge in [0.25, 0.3) is 0 Å². The number of aromatic nitrogens is 4. The van der Waals surface area contributed by atoms with Gasteiger partial charge in [-0.15, -0.1) is 0 Å². The monoisotopic (exact) mass is 415 g/mol. The molecule has 0 amide bonds. The van der Waals surface area contributed by atoms with Gasteiger partial charge in [0.2, 0.25) is 0 Å². The van der Waals surface area contributed by atoms with Gasteiger partial charge in [-0.05, 0) is 38.1 Å². The van der Waals surface area contributed by atoms with Crippen LogP contribution >= 0.6 is 0 Å². The first-order valence-corrected chi connectivity index (χ1v) is 10.5. The third-order valence-corrected chi connectivity index (χ3v) is 5.40. The Labute approximate surface area is 183 Å². The highest BCUT2D eigenvalue weighted by molar-refractivity contribution is 5.65. The molecule has 6 nitrogen and oxygen atoms in total. The van der Waals surface area contributed by atoms with E-state index in [1.807, 2.05) is 59.0 Å². The molecule has 0 aliphatic carbocycles. The quantitative estimate of drug-likeness (QED) is 0.419. The lowest BCUT2D eigenvalue weighted by Gasteiger charge is -2.25. The summed E-state index contributed by atoms with van der Waals surface area (Å²) >= 11 is 0. The molecular formula is C25H29N5O. The van der Waals surface area contributed by atoms with Crippen LogP contribution in [0.25, 0.3) is 16.9 Å². The normalized spacial score (nSPS) is 11.4. The van der Waals surface area contributed by atoms with Gasteiger partial charge >= 0.3 is 0 Å². The van der Waals surface area contributed by atoms with Crippen molar-refractivity contribution in [2.75, 3.05) is 7.11 Å². The van der Waals surface area contributed by atoms with Gasteiger partial charge in [0.15, 0.2) is 0 Å². The molecule has 0 saturated carbocycles. The van der Waals surface area contributed by atoms with E-state index in [-0.39, 0.29) is 0 Å². The van der Waals surface area contributed by atoms with E-state index >= 15 is 0 Å². The van der Waals surface area contributed by atoms with E-state index in [0.29, 0.717) is 6.04 Å². The van der Waals surface area contributed by atoms with Crippen LogP contribution in [0.2, 0.25) is 0 Å². The molecule has 6 heteroatoms. The van der Waals surface area contributed by atoms with Crippen molar-refractivity contribution >= 4 is 0 Å². The molecule has 0 saturated heterocycles. The maximum Gasteiger partial charge on any atom is 0.119 e. The highest BCUT2D eigenvalue weighted by atomic mass is 16.5. The topological polar surface area (TPSA) is 48.1 Å². The fourth-order valence-corrected chi connectivity index (χ4v) is 3.68. The lowest BCUT2D eigenvalue weighted by atomic mass is 10.1. The summed E-state index contributed by atoms with van der Waals surface area (Å²) in [5, 5.41) is 9.29. The van der Waals surface area contributed by atoms with E-state index in [4.69, 9.17) is 9.84 Å². The Balaban J connectivity index is 1.72. The maximum atomic E-state index is 5.45. The zero-order valence-electron chi connectivity index (χ0n) is 18.6. The van der Waals surface area contributed by atoms with Crippen molar-refractivity contribution in [3.63, 3.8) is 0 Å². The number of nitrogens with zero attached hydrogens (tertiary/aromatic N) is 5. The highest BCUT2D eigenvalue weighted by Crippen LogP contribution is 2.28. The number of para-hydroxylation sites is 1. The van der Waals surface area contributed by atoms with Gasteiger partial charge in [0, 0.05) is 55.3 Å². The summed E-state index contributed by atoms with van der Waals surface area (Å²) in [7, 11) is 3.64. The minimum atomic E-state index is 0.374. The molecule has 0 aliphatic rings. The van der Waals surface area contributed by atoms with Gasteiger partial charge in [-0.1, -0.05) is 30.3 Å². The van der Waals surface area contributed by atoms with Crippen LogP contribution in [0.1, 0.15) is 25.0 Å². The molecule has 160 valence electrons. The van der Waals surface area contributed by atoms with Crippen LogP contribution in [0.5, 0.6) is 5.75 Å². The van der Waals surface area contributed by atoms with Crippen molar-refractivity contribution in [3.8, 4) is 22.7 Å². The van der Waals surface area contributed by atoms with Crippen LogP contribution in [-0.4, -0.2) is 37.6 Å². The third-order valence-electron chi connectivity index (χ3n) is 5.40.